The van der Waals surface area contributed by atoms with Gasteiger partial charge in [0.25, 0.3) is 0 Å². The maximum atomic E-state index is 6.42. The molecule has 0 aliphatic carbocycles. The zero-order valence-corrected chi connectivity index (χ0v) is 34.8. The molecule has 0 N–H and O–H groups in total. The number of fused-ring (bicyclic) bond motifs is 3. The van der Waals surface area contributed by atoms with Gasteiger partial charge in [-0.2, -0.15) is 30.0 Å². The summed E-state index contributed by atoms with van der Waals surface area (Å²) < 4.78 is 10.9. The van der Waals surface area contributed by atoms with Gasteiger partial charge >= 0.3 is 20.1 Å². The second kappa shape index (κ2) is 16.6. The fourth-order valence-electron chi connectivity index (χ4n) is 7.33. The summed E-state index contributed by atoms with van der Waals surface area (Å²) in [5.74, 6) is 2.55. The van der Waals surface area contributed by atoms with Crippen LogP contribution in [0.5, 0.6) is 0 Å². The molecule has 274 valence electrons. The molecule has 0 saturated carbocycles. The van der Waals surface area contributed by atoms with Gasteiger partial charge in [-0.25, -0.2) is 17.7 Å². The van der Waals surface area contributed by atoms with Gasteiger partial charge in [0, 0.05) is 23.5 Å². The first-order valence-electron chi connectivity index (χ1n) is 18.8. The van der Waals surface area contributed by atoms with Crippen molar-refractivity contribution in [1.29, 1.82) is 0 Å². The van der Waals surface area contributed by atoms with Crippen LogP contribution in [0.4, 0.5) is 0 Å². The molecule has 0 unspecified atom stereocenters. The zero-order valence-electron chi connectivity index (χ0n) is 32.4. The third kappa shape index (κ3) is 7.40. The molecule has 3 aromatic heterocycles. The smallest absolute Gasteiger partial charge is 0.456 e. The van der Waals surface area contributed by atoms with Crippen molar-refractivity contribution in [2.24, 2.45) is 0 Å². The van der Waals surface area contributed by atoms with Gasteiger partial charge in [-0.1, -0.05) is 98.0 Å². The molecule has 0 radical (unpaired) electrons. The number of rotatable bonds is 8. The molecule has 0 spiro atoms. The van der Waals surface area contributed by atoms with Crippen molar-refractivity contribution in [2.45, 2.75) is 79.1 Å². The Morgan fingerprint density at radius 2 is 1.17 bits per heavy atom. The predicted molar refractivity (Wildman–Crippen MR) is 220 cm³/mol. The SMILES string of the molecule is CC(C)c1cc(C(C)C)c2oc3ccccc3c2c1-n1ccnc1-c1[c-]cccc1.CC(C)c1cccc(C(C)C)c1-n1cc[c-]c1-c1[c-]cccc1.[Ir+3]. The molecule has 0 aliphatic heterocycles. The Balaban J connectivity index is 0.000000187. The zero-order chi connectivity index (χ0) is 37.2. The van der Waals surface area contributed by atoms with E-state index in [1.807, 2.05) is 54.9 Å². The van der Waals surface area contributed by atoms with Crippen LogP contribution in [0.25, 0.3) is 56.0 Å². The minimum atomic E-state index is 0. The molecule has 4 nitrogen and oxygen atoms in total. The van der Waals surface area contributed by atoms with Crippen molar-refractivity contribution in [3.63, 3.8) is 0 Å². The van der Waals surface area contributed by atoms with E-state index in [9.17, 15) is 0 Å². The standard InChI is InChI=1S/C27H25N2O.C22H23N.Ir/c1-17(2)21-16-22(18(3)4)26-24(20-12-8-9-13-23(20)30-26)25(21)29-15-14-28-27(29)19-10-6-5-7-11-19;1-16(2)19-12-8-13-20(17(3)4)22(19)23-15-9-14-21(23)18-10-6-5-7-11-18;/h5-10,12-18H,1-4H3;5-10,12-13,15-17H,1-4H3;/q-1;-2;+3. The molecule has 0 amide bonds. The van der Waals surface area contributed by atoms with Gasteiger partial charge in [0.2, 0.25) is 0 Å². The van der Waals surface area contributed by atoms with Crippen LogP contribution < -0.4 is 0 Å². The van der Waals surface area contributed by atoms with Gasteiger partial charge in [-0.15, -0.1) is 42.0 Å². The number of nitrogens with zero attached hydrogens (tertiary/aromatic N) is 3. The van der Waals surface area contributed by atoms with E-state index in [1.54, 1.807) is 0 Å². The average molecular weight is 887 g/mol. The van der Waals surface area contributed by atoms with Crippen LogP contribution in [0.3, 0.4) is 0 Å². The molecule has 0 saturated heterocycles. The second-order valence-electron chi connectivity index (χ2n) is 15.0. The van der Waals surface area contributed by atoms with E-state index >= 15 is 0 Å². The molecule has 0 bridgehead atoms. The van der Waals surface area contributed by atoms with E-state index in [4.69, 9.17) is 9.40 Å². The van der Waals surface area contributed by atoms with Crippen molar-refractivity contribution in [2.75, 3.05) is 0 Å². The fourth-order valence-corrected chi connectivity index (χ4v) is 7.33. The normalized spacial score (nSPS) is 11.5. The van der Waals surface area contributed by atoms with Crippen molar-refractivity contribution in [3.8, 4) is 34.0 Å². The summed E-state index contributed by atoms with van der Waals surface area (Å²) >= 11 is 0. The largest absolute Gasteiger partial charge is 3.00 e. The van der Waals surface area contributed by atoms with Gasteiger partial charge in [0.05, 0.1) is 16.9 Å². The first kappa shape index (κ1) is 38.8. The van der Waals surface area contributed by atoms with E-state index < -0.39 is 0 Å². The van der Waals surface area contributed by atoms with E-state index in [0.29, 0.717) is 23.7 Å². The summed E-state index contributed by atoms with van der Waals surface area (Å²) in [6, 6.07) is 45.4. The molecular formula is C49H48IrN3O. The first-order valence-corrected chi connectivity index (χ1v) is 18.8. The predicted octanol–water partition coefficient (Wildman–Crippen LogP) is 13.5. The van der Waals surface area contributed by atoms with Crippen LogP contribution in [0.2, 0.25) is 0 Å². The van der Waals surface area contributed by atoms with Gasteiger partial charge in [0.15, 0.2) is 0 Å². The molecule has 5 heteroatoms. The van der Waals surface area contributed by atoms with Gasteiger partial charge < -0.3 is 13.6 Å². The number of hydrogen-bond donors (Lipinski definition) is 0. The monoisotopic (exact) mass is 887 g/mol. The molecule has 0 aliphatic rings. The maximum Gasteiger partial charge on any atom is 3.00 e. The number of para-hydroxylation sites is 2. The second-order valence-corrected chi connectivity index (χ2v) is 15.0. The van der Waals surface area contributed by atoms with E-state index in [-0.39, 0.29) is 20.1 Å². The maximum absolute atomic E-state index is 6.42. The Kier molecular flexibility index (Phi) is 11.9. The van der Waals surface area contributed by atoms with Crippen molar-refractivity contribution < 1.29 is 24.5 Å². The molecule has 8 rings (SSSR count). The number of benzene rings is 5. The molecule has 0 fully saturated rings. The third-order valence-corrected chi connectivity index (χ3v) is 9.99. The van der Waals surface area contributed by atoms with Crippen LogP contribution in [0.1, 0.15) is 101 Å². The Morgan fingerprint density at radius 1 is 0.556 bits per heavy atom. The van der Waals surface area contributed by atoms with Crippen molar-refractivity contribution in [1.82, 2.24) is 14.1 Å². The molecule has 0 atom stereocenters. The van der Waals surface area contributed by atoms with Crippen LogP contribution >= 0.6 is 0 Å². The number of furan rings is 1. The minimum absolute atomic E-state index is 0. The number of imidazole rings is 1. The van der Waals surface area contributed by atoms with E-state index in [0.717, 1.165) is 50.3 Å². The summed E-state index contributed by atoms with van der Waals surface area (Å²) in [5.41, 5.74) is 12.8. The number of aromatic nitrogens is 3. The van der Waals surface area contributed by atoms with Crippen LogP contribution in [0.15, 0.2) is 126 Å². The Labute approximate surface area is 334 Å². The van der Waals surface area contributed by atoms with Gasteiger partial charge in [0.1, 0.15) is 11.2 Å². The molecule has 5 aromatic carbocycles. The minimum Gasteiger partial charge on any atom is -0.456 e. The Bertz CT molecular complexity index is 2440. The molecular weight excluding hydrogens is 839 g/mol. The van der Waals surface area contributed by atoms with Crippen LogP contribution in [0, 0.1) is 18.2 Å². The quantitative estimate of drug-likeness (QED) is 0.143. The van der Waals surface area contributed by atoms with E-state index in [1.165, 1.54) is 27.9 Å². The average Bonchev–Trinajstić information content (AvgIpc) is 3.94. The summed E-state index contributed by atoms with van der Waals surface area (Å²) in [6.45, 7) is 18.0. The van der Waals surface area contributed by atoms with Crippen LogP contribution in [-0.2, 0) is 20.1 Å². The third-order valence-electron chi connectivity index (χ3n) is 9.99. The fraction of sp³-hybridized carbons (Fsp3) is 0.245. The van der Waals surface area contributed by atoms with Gasteiger partial charge in [-0.3, -0.25) is 4.98 Å². The molecule has 54 heavy (non-hydrogen) atoms. The van der Waals surface area contributed by atoms with Crippen molar-refractivity contribution in [3.05, 3.63) is 162 Å². The Morgan fingerprint density at radius 3 is 1.78 bits per heavy atom. The topological polar surface area (TPSA) is 35.9 Å². The molecule has 8 aromatic rings. The summed E-state index contributed by atoms with van der Waals surface area (Å²) in [4.78, 5) is 4.69. The summed E-state index contributed by atoms with van der Waals surface area (Å²) in [6.07, 6.45) is 6.03. The van der Waals surface area contributed by atoms with Gasteiger partial charge in [-0.05, 0) is 58.1 Å². The number of hydrogen-bond acceptors (Lipinski definition) is 2. The summed E-state index contributed by atoms with van der Waals surface area (Å²) in [7, 11) is 0. The summed E-state index contributed by atoms with van der Waals surface area (Å²) in [5, 5.41) is 2.30. The van der Waals surface area contributed by atoms with Crippen molar-refractivity contribution >= 4 is 21.9 Å². The first-order chi connectivity index (χ1) is 25.7. The van der Waals surface area contributed by atoms with Crippen LogP contribution in [-0.4, -0.2) is 14.1 Å². The van der Waals surface area contributed by atoms with E-state index in [2.05, 4.69) is 150 Å². The molecule has 3 heterocycles. The Hall–Kier alpha value is -4.96.